The first-order valence-corrected chi connectivity index (χ1v) is 6.67. The average Bonchev–Trinajstić information content (AvgIpc) is 2.93. The molecule has 3 N–H and O–H groups in total. The second-order valence-electron chi connectivity index (χ2n) is 4.66. The molecular formula is C13H21N3O3. The van der Waals surface area contributed by atoms with Crippen molar-refractivity contribution < 1.29 is 14.6 Å². The predicted octanol–water partition coefficient (Wildman–Crippen LogP) is 0.452. The molecule has 0 amide bonds. The third-order valence-corrected chi connectivity index (χ3v) is 3.28. The van der Waals surface area contributed by atoms with E-state index in [0.29, 0.717) is 12.2 Å². The van der Waals surface area contributed by atoms with Crippen LogP contribution in [0.2, 0.25) is 0 Å². The minimum atomic E-state index is -0.853. The van der Waals surface area contributed by atoms with Crippen LogP contribution in [0.3, 0.4) is 0 Å². The van der Waals surface area contributed by atoms with E-state index < -0.39 is 12.0 Å². The van der Waals surface area contributed by atoms with E-state index in [1.54, 1.807) is 18.3 Å². The van der Waals surface area contributed by atoms with E-state index in [1.165, 1.54) is 0 Å². The van der Waals surface area contributed by atoms with Gasteiger partial charge >= 0.3 is 5.97 Å². The van der Waals surface area contributed by atoms with Gasteiger partial charge in [0, 0.05) is 25.0 Å². The smallest absolute Gasteiger partial charge is 0.326 e. The summed E-state index contributed by atoms with van der Waals surface area (Å²) in [6.07, 6.45) is 2.67. The van der Waals surface area contributed by atoms with Crippen molar-refractivity contribution in [1.82, 2.24) is 15.2 Å². The number of aromatic nitrogens is 1. The van der Waals surface area contributed by atoms with E-state index in [4.69, 9.17) is 4.74 Å². The number of nitrogens with one attached hydrogen (secondary N) is 2. The van der Waals surface area contributed by atoms with Crippen molar-refractivity contribution in [1.29, 1.82) is 0 Å². The average molecular weight is 267 g/mol. The second-order valence-corrected chi connectivity index (χ2v) is 4.66. The fraction of sp³-hybridized carbons (Fsp3) is 0.615. The van der Waals surface area contributed by atoms with Crippen LogP contribution in [-0.4, -0.2) is 60.4 Å². The maximum Gasteiger partial charge on any atom is 0.326 e. The van der Waals surface area contributed by atoms with E-state index in [-0.39, 0.29) is 0 Å². The molecular weight excluding hydrogens is 246 g/mol. The molecule has 1 fully saturated rings. The van der Waals surface area contributed by atoms with Crippen LogP contribution in [0.25, 0.3) is 0 Å². The van der Waals surface area contributed by atoms with Gasteiger partial charge in [0.15, 0.2) is 0 Å². The Bertz CT molecular complexity index is 374. The van der Waals surface area contributed by atoms with Crippen molar-refractivity contribution in [2.45, 2.75) is 12.5 Å². The molecule has 6 nitrogen and oxygen atoms in total. The zero-order valence-electron chi connectivity index (χ0n) is 11.0. The molecule has 0 radical (unpaired) electrons. The lowest BCUT2D eigenvalue weighted by Crippen LogP contribution is -2.38. The zero-order chi connectivity index (χ0) is 13.5. The molecule has 0 bridgehead atoms. The van der Waals surface area contributed by atoms with Crippen LogP contribution in [0.15, 0.2) is 18.3 Å². The minimum Gasteiger partial charge on any atom is -0.480 e. The fourth-order valence-corrected chi connectivity index (χ4v) is 2.23. The second kappa shape index (κ2) is 7.28. The molecule has 1 saturated heterocycles. The van der Waals surface area contributed by atoms with Gasteiger partial charge in [0.2, 0.25) is 0 Å². The topological polar surface area (TPSA) is 77.6 Å². The Balaban J connectivity index is 1.69. The lowest BCUT2D eigenvalue weighted by molar-refractivity contribution is -0.139. The van der Waals surface area contributed by atoms with Gasteiger partial charge in [0.05, 0.1) is 13.2 Å². The van der Waals surface area contributed by atoms with Gasteiger partial charge in [-0.25, -0.2) is 0 Å². The SMILES string of the molecule is O=C(O)C(NCCCN1CCOCC1)c1ccc[nH]1. The summed E-state index contributed by atoms with van der Waals surface area (Å²) < 4.78 is 5.29. The third-order valence-electron chi connectivity index (χ3n) is 3.28. The fourth-order valence-electron chi connectivity index (χ4n) is 2.23. The van der Waals surface area contributed by atoms with Gasteiger partial charge in [-0.15, -0.1) is 0 Å². The van der Waals surface area contributed by atoms with Crippen LogP contribution in [0.1, 0.15) is 18.2 Å². The van der Waals surface area contributed by atoms with Crippen molar-refractivity contribution in [2.24, 2.45) is 0 Å². The van der Waals surface area contributed by atoms with Crippen molar-refractivity contribution in [3.05, 3.63) is 24.0 Å². The normalized spacial score (nSPS) is 18.3. The number of carboxylic acid groups (broad SMARTS) is 1. The minimum absolute atomic E-state index is 0.653. The standard InChI is InChI=1S/C13H21N3O3/c17-13(18)12(11-3-1-4-14-11)15-5-2-6-16-7-9-19-10-8-16/h1,3-4,12,14-15H,2,5-10H2,(H,17,18). The lowest BCUT2D eigenvalue weighted by Gasteiger charge is -2.26. The summed E-state index contributed by atoms with van der Waals surface area (Å²) in [4.78, 5) is 16.5. The van der Waals surface area contributed by atoms with E-state index in [9.17, 15) is 9.90 Å². The number of aromatic amines is 1. The Morgan fingerprint density at radius 2 is 2.32 bits per heavy atom. The zero-order valence-corrected chi connectivity index (χ0v) is 11.0. The van der Waals surface area contributed by atoms with Crippen LogP contribution >= 0.6 is 0 Å². The Kier molecular flexibility index (Phi) is 5.38. The summed E-state index contributed by atoms with van der Waals surface area (Å²) in [5.41, 5.74) is 0.693. The van der Waals surface area contributed by atoms with E-state index in [0.717, 1.165) is 39.3 Å². The highest BCUT2D eigenvalue weighted by atomic mass is 16.5. The molecule has 2 rings (SSSR count). The number of aliphatic carboxylic acids is 1. The number of carboxylic acids is 1. The first-order chi connectivity index (χ1) is 9.27. The highest BCUT2D eigenvalue weighted by Crippen LogP contribution is 2.10. The summed E-state index contributed by atoms with van der Waals surface area (Å²) in [6.45, 7) is 5.21. The number of hydrogen-bond donors (Lipinski definition) is 3. The van der Waals surface area contributed by atoms with Gasteiger partial charge < -0.3 is 14.8 Å². The number of hydrogen-bond acceptors (Lipinski definition) is 4. The van der Waals surface area contributed by atoms with Crippen molar-refractivity contribution in [3.8, 4) is 0 Å². The molecule has 1 aromatic heterocycles. The summed E-state index contributed by atoms with van der Waals surface area (Å²) in [6, 6.07) is 2.94. The van der Waals surface area contributed by atoms with Crippen LogP contribution < -0.4 is 5.32 Å². The summed E-state index contributed by atoms with van der Waals surface area (Å²) in [7, 11) is 0. The van der Waals surface area contributed by atoms with Crippen LogP contribution in [-0.2, 0) is 9.53 Å². The molecule has 1 unspecified atom stereocenters. The number of H-pyrrole nitrogens is 1. The van der Waals surface area contributed by atoms with E-state index in [1.807, 2.05) is 0 Å². The molecule has 1 atom stereocenters. The summed E-state index contributed by atoms with van der Waals surface area (Å²) >= 11 is 0. The molecule has 1 aliphatic rings. The van der Waals surface area contributed by atoms with Gasteiger partial charge in [-0.2, -0.15) is 0 Å². The molecule has 1 aromatic rings. The van der Waals surface area contributed by atoms with Crippen molar-refractivity contribution >= 4 is 5.97 Å². The Labute approximate surface area is 112 Å². The van der Waals surface area contributed by atoms with Crippen molar-refractivity contribution in [2.75, 3.05) is 39.4 Å². The van der Waals surface area contributed by atoms with Crippen LogP contribution in [0.5, 0.6) is 0 Å². The van der Waals surface area contributed by atoms with Crippen LogP contribution in [0.4, 0.5) is 0 Å². The summed E-state index contributed by atoms with van der Waals surface area (Å²) in [5.74, 6) is -0.853. The number of nitrogens with zero attached hydrogens (tertiary/aromatic N) is 1. The number of rotatable bonds is 7. The molecule has 6 heteroatoms. The van der Waals surface area contributed by atoms with E-state index >= 15 is 0 Å². The highest BCUT2D eigenvalue weighted by Gasteiger charge is 2.19. The van der Waals surface area contributed by atoms with Crippen molar-refractivity contribution in [3.63, 3.8) is 0 Å². The lowest BCUT2D eigenvalue weighted by atomic mass is 10.2. The monoisotopic (exact) mass is 267 g/mol. The first-order valence-electron chi connectivity index (χ1n) is 6.67. The number of morpholine rings is 1. The van der Waals surface area contributed by atoms with Gasteiger partial charge in [0.25, 0.3) is 0 Å². The maximum absolute atomic E-state index is 11.2. The van der Waals surface area contributed by atoms with Gasteiger partial charge in [-0.05, 0) is 31.6 Å². The van der Waals surface area contributed by atoms with E-state index in [2.05, 4.69) is 15.2 Å². The quantitative estimate of drug-likeness (QED) is 0.625. The largest absolute Gasteiger partial charge is 0.480 e. The molecule has 0 saturated carbocycles. The summed E-state index contributed by atoms with van der Waals surface area (Å²) in [5, 5.41) is 12.3. The predicted molar refractivity (Wildman–Crippen MR) is 71.0 cm³/mol. The van der Waals surface area contributed by atoms with Crippen LogP contribution in [0, 0.1) is 0 Å². The Morgan fingerprint density at radius 3 is 2.95 bits per heavy atom. The van der Waals surface area contributed by atoms with Gasteiger partial charge in [0.1, 0.15) is 6.04 Å². The molecule has 0 spiro atoms. The molecule has 2 heterocycles. The first kappa shape index (κ1) is 14.0. The van der Waals surface area contributed by atoms with Gasteiger partial charge in [-0.1, -0.05) is 0 Å². The number of carbonyl (C=O) groups is 1. The number of ether oxygens (including phenoxy) is 1. The Morgan fingerprint density at radius 1 is 1.53 bits per heavy atom. The van der Waals surface area contributed by atoms with Gasteiger partial charge in [-0.3, -0.25) is 15.0 Å². The molecule has 0 aliphatic carbocycles. The molecule has 0 aromatic carbocycles. The molecule has 106 valence electrons. The highest BCUT2D eigenvalue weighted by molar-refractivity contribution is 5.74. The Hall–Kier alpha value is -1.37. The third kappa shape index (κ3) is 4.34. The maximum atomic E-state index is 11.2. The molecule has 19 heavy (non-hydrogen) atoms. The molecule has 1 aliphatic heterocycles.